The van der Waals surface area contributed by atoms with Gasteiger partial charge in [-0.3, -0.25) is 4.79 Å². The van der Waals surface area contributed by atoms with Crippen LogP contribution in [0.1, 0.15) is 37.6 Å². The number of amides is 1. The molecule has 8 heteroatoms. The number of aliphatic hydroxyl groups is 1. The van der Waals surface area contributed by atoms with E-state index < -0.39 is 11.9 Å². The smallest absolute Gasteiger partial charge is 0.266 e. The fraction of sp³-hybridized carbons (Fsp3) is 0.727. The highest BCUT2D eigenvalue weighted by Gasteiger charge is 2.27. The Bertz CT molecular complexity index is 436. The lowest BCUT2D eigenvalue weighted by Crippen LogP contribution is -2.42. The monoisotopic (exact) mass is 269 g/mol. The van der Waals surface area contributed by atoms with Gasteiger partial charge in [0.1, 0.15) is 0 Å². The minimum absolute atomic E-state index is 0.00608. The highest BCUT2D eigenvalue weighted by atomic mass is 16.5. The first-order valence-corrected chi connectivity index (χ1v) is 6.36. The van der Waals surface area contributed by atoms with Gasteiger partial charge >= 0.3 is 0 Å². The molecule has 1 aromatic rings. The van der Waals surface area contributed by atoms with E-state index in [0.717, 1.165) is 25.8 Å². The predicted molar refractivity (Wildman–Crippen MR) is 67.1 cm³/mol. The average molecular weight is 269 g/mol. The SMILES string of the molecule is NC(=O)CC(N)c1nc(N2CCCCC2CO)no1. The standard InChI is InChI=1S/C11H19N5O3/c12-8(5-9(13)18)10-14-11(15-19-10)16-4-2-1-3-7(16)6-17/h7-8,17H,1-6,12H2,(H2,13,18). The molecule has 2 rings (SSSR count). The van der Waals surface area contributed by atoms with E-state index in [4.69, 9.17) is 16.0 Å². The van der Waals surface area contributed by atoms with Crippen LogP contribution in [-0.4, -0.2) is 40.3 Å². The van der Waals surface area contributed by atoms with Crippen LogP contribution in [0.4, 0.5) is 5.95 Å². The summed E-state index contributed by atoms with van der Waals surface area (Å²) < 4.78 is 5.06. The van der Waals surface area contributed by atoms with Crippen molar-refractivity contribution in [2.75, 3.05) is 18.1 Å². The molecule has 1 aromatic heterocycles. The quantitative estimate of drug-likeness (QED) is 0.643. The van der Waals surface area contributed by atoms with Gasteiger partial charge in [0.05, 0.1) is 25.1 Å². The molecule has 8 nitrogen and oxygen atoms in total. The molecule has 5 N–H and O–H groups in total. The van der Waals surface area contributed by atoms with Gasteiger partial charge in [-0.25, -0.2) is 0 Å². The zero-order valence-corrected chi connectivity index (χ0v) is 10.7. The largest absolute Gasteiger partial charge is 0.394 e. The third-order valence-electron chi connectivity index (χ3n) is 3.26. The predicted octanol–water partition coefficient (Wildman–Crippen LogP) is -0.704. The lowest BCUT2D eigenvalue weighted by Gasteiger charge is -2.33. The Kier molecular flexibility index (Phi) is 4.33. The molecule has 106 valence electrons. The van der Waals surface area contributed by atoms with Crippen LogP contribution in [0.25, 0.3) is 0 Å². The first kappa shape index (κ1) is 13.8. The Morgan fingerprint density at radius 1 is 1.58 bits per heavy atom. The van der Waals surface area contributed by atoms with Gasteiger partial charge in [-0.1, -0.05) is 0 Å². The summed E-state index contributed by atoms with van der Waals surface area (Å²) in [5.74, 6) is 0.0863. The van der Waals surface area contributed by atoms with Crippen molar-refractivity contribution >= 4 is 11.9 Å². The Labute approximate surface area is 110 Å². The highest BCUT2D eigenvalue weighted by molar-refractivity contribution is 5.74. The summed E-state index contributed by atoms with van der Waals surface area (Å²) in [5.41, 5.74) is 10.8. The number of nitrogens with two attached hydrogens (primary N) is 2. The van der Waals surface area contributed by atoms with Crippen molar-refractivity contribution in [3.05, 3.63) is 5.89 Å². The van der Waals surface area contributed by atoms with Gasteiger partial charge in [-0.05, 0) is 24.4 Å². The summed E-state index contributed by atoms with van der Waals surface area (Å²) in [6.45, 7) is 0.826. The maximum atomic E-state index is 10.8. The molecular weight excluding hydrogens is 250 g/mol. The number of carbonyl (C=O) groups excluding carboxylic acids is 1. The first-order chi connectivity index (χ1) is 9.11. The molecule has 2 atom stereocenters. The van der Waals surface area contributed by atoms with E-state index in [1.54, 1.807) is 0 Å². The minimum Gasteiger partial charge on any atom is -0.394 e. The number of aliphatic hydroxyl groups excluding tert-OH is 1. The molecule has 19 heavy (non-hydrogen) atoms. The highest BCUT2D eigenvalue weighted by Crippen LogP contribution is 2.23. The van der Waals surface area contributed by atoms with E-state index in [1.807, 2.05) is 4.90 Å². The third-order valence-corrected chi connectivity index (χ3v) is 3.26. The summed E-state index contributed by atoms with van der Waals surface area (Å²) in [4.78, 5) is 16.9. The second kappa shape index (κ2) is 5.98. The molecule has 1 amide bonds. The summed E-state index contributed by atoms with van der Waals surface area (Å²) >= 11 is 0. The van der Waals surface area contributed by atoms with Crippen LogP contribution in [0.5, 0.6) is 0 Å². The summed E-state index contributed by atoms with van der Waals surface area (Å²) in [5, 5.41) is 13.2. The number of nitrogens with zero attached hydrogens (tertiary/aromatic N) is 3. The van der Waals surface area contributed by atoms with Crippen LogP contribution in [-0.2, 0) is 4.79 Å². The number of rotatable bonds is 5. The van der Waals surface area contributed by atoms with Crippen molar-refractivity contribution in [1.82, 2.24) is 10.1 Å². The first-order valence-electron chi connectivity index (χ1n) is 6.36. The van der Waals surface area contributed by atoms with Crippen LogP contribution in [0, 0.1) is 0 Å². The molecule has 0 radical (unpaired) electrons. The second-order valence-corrected chi connectivity index (χ2v) is 4.74. The van der Waals surface area contributed by atoms with Crippen LogP contribution >= 0.6 is 0 Å². The summed E-state index contributed by atoms with van der Waals surface area (Å²) in [6.07, 6.45) is 2.96. The van der Waals surface area contributed by atoms with Gasteiger partial charge in [0.2, 0.25) is 11.8 Å². The van der Waals surface area contributed by atoms with Gasteiger partial charge in [0.15, 0.2) is 0 Å². The fourth-order valence-electron chi connectivity index (χ4n) is 2.25. The Hall–Kier alpha value is -1.67. The van der Waals surface area contributed by atoms with Gasteiger partial charge < -0.3 is 26.0 Å². The van der Waals surface area contributed by atoms with Crippen molar-refractivity contribution in [2.45, 2.75) is 37.8 Å². The van der Waals surface area contributed by atoms with Crippen molar-refractivity contribution in [2.24, 2.45) is 11.5 Å². The van der Waals surface area contributed by atoms with E-state index in [0.29, 0.717) is 5.95 Å². The molecule has 1 aliphatic rings. The maximum Gasteiger partial charge on any atom is 0.266 e. The molecule has 0 spiro atoms. The second-order valence-electron chi connectivity index (χ2n) is 4.74. The van der Waals surface area contributed by atoms with E-state index in [1.165, 1.54) is 0 Å². The molecule has 0 bridgehead atoms. The molecule has 1 saturated heterocycles. The minimum atomic E-state index is -0.684. The lowest BCUT2D eigenvalue weighted by molar-refractivity contribution is -0.118. The topological polar surface area (TPSA) is 132 Å². The maximum absolute atomic E-state index is 10.8. The van der Waals surface area contributed by atoms with Crippen LogP contribution < -0.4 is 16.4 Å². The molecule has 0 aromatic carbocycles. The zero-order valence-electron chi connectivity index (χ0n) is 10.7. The van der Waals surface area contributed by atoms with Crippen molar-refractivity contribution in [3.8, 4) is 0 Å². The Morgan fingerprint density at radius 3 is 3.05 bits per heavy atom. The number of hydrogen-bond donors (Lipinski definition) is 3. The number of carbonyl (C=O) groups is 1. The van der Waals surface area contributed by atoms with E-state index in [-0.39, 0.29) is 25.0 Å². The number of aromatic nitrogens is 2. The number of primary amides is 1. The third kappa shape index (κ3) is 3.21. The molecule has 1 fully saturated rings. The number of piperidine rings is 1. The number of hydrogen-bond acceptors (Lipinski definition) is 7. The van der Waals surface area contributed by atoms with Crippen LogP contribution in [0.3, 0.4) is 0 Å². The van der Waals surface area contributed by atoms with Crippen LogP contribution in [0.2, 0.25) is 0 Å². The zero-order chi connectivity index (χ0) is 13.8. The Morgan fingerprint density at radius 2 is 2.37 bits per heavy atom. The molecule has 2 unspecified atom stereocenters. The van der Waals surface area contributed by atoms with Gasteiger partial charge in [0.25, 0.3) is 5.95 Å². The summed E-state index contributed by atoms with van der Waals surface area (Å²) in [6, 6.07) is -0.678. The summed E-state index contributed by atoms with van der Waals surface area (Å²) in [7, 11) is 0. The van der Waals surface area contributed by atoms with Crippen molar-refractivity contribution in [3.63, 3.8) is 0 Å². The Balaban J connectivity index is 2.09. The van der Waals surface area contributed by atoms with Crippen molar-refractivity contribution < 1.29 is 14.4 Å². The molecule has 1 aliphatic heterocycles. The number of anilines is 1. The van der Waals surface area contributed by atoms with Crippen LogP contribution in [0.15, 0.2) is 4.52 Å². The van der Waals surface area contributed by atoms with E-state index in [9.17, 15) is 9.90 Å². The van der Waals surface area contributed by atoms with Gasteiger partial charge in [-0.15, -0.1) is 0 Å². The van der Waals surface area contributed by atoms with E-state index >= 15 is 0 Å². The normalized spacial score (nSPS) is 21.4. The van der Waals surface area contributed by atoms with Gasteiger partial charge in [-0.2, -0.15) is 4.98 Å². The molecule has 0 aliphatic carbocycles. The van der Waals surface area contributed by atoms with Crippen molar-refractivity contribution in [1.29, 1.82) is 0 Å². The van der Waals surface area contributed by atoms with E-state index in [2.05, 4.69) is 10.1 Å². The average Bonchev–Trinajstić information content (AvgIpc) is 2.87. The lowest BCUT2D eigenvalue weighted by atomic mass is 10.0. The molecular formula is C11H19N5O3. The molecule has 2 heterocycles. The molecule has 0 saturated carbocycles. The fourth-order valence-corrected chi connectivity index (χ4v) is 2.25. The van der Waals surface area contributed by atoms with Gasteiger partial charge in [0, 0.05) is 6.54 Å².